The summed E-state index contributed by atoms with van der Waals surface area (Å²) < 4.78 is 0. The van der Waals surface area contributed by atoms with Gasteiger partial charge in [0.05, 0.1) is 6.10 Å². The molecule has 70 valence electrons. The lowest BCUT2D eigenvalue weighted by Gasteiger charge is -2.28. The Labute approximate surface area is 71.4 Å². The van der Waals surface area contributed by atoms with Crippen LogP contribution in [-0.2, 0) is 4.79 Å². The maximum atomic E-state index is 10.5. The van der Waals surface area contributed by atoms with Gasteiger partial charge in [0, 0.05) is 0 Å². The lowest BCUT2D eigenvalue weighted by Crippen LogP contribution is -2.41. The molecule has 0 spiro atoms. The van der Waals surface area contributed by atoms with Crippen LogP contribution in [0.4, 0.5) is 0 Å². The Morgan fingerprint density at radius 1 is 1.50 bits per heavy atom. The highest BCUT2D eigenvalue weighted by molar-refractivity contribution is 5.73. The summed E-state index contributed by atoms with van der Waals surface area (Å²) in [6.45, 7) is 0. The van der Waals surface area contributed by atoms with Crippen LogP contribution in [0.1, 0.15) is 25.7 Å². The average molecular weight is 173 g/mol. The molecule has 0 amide bonds. The molecular formula is C8H15NO3. The molecular weight excluding hydrogens is 158 g/mol. The molecule has 1 aliphatic rings. The van der Waals surface area contributed by atoms with Crippen LogP contribution < -0.4 is 5.73 Å². The van der Waals surface area contributed by atoms with Crippen molar-refractivity contribution in [3.63, 3.8) is 0 Å². The van der Waals surface area contributed by atoms with Gasteiger partial charge in [-0.3, -0.25) is 4.79 Å². The molecule has 4 N–H and O–H groups in total. The van der Waals surface area contributed by atoms with Crippen LogP contribution in [0.3, 0.4) is 0 Å². The first kappa shape index (κ1) is 9.48. The first-order valence-electron chi connectivity index (χ1n) is 4.27. The Bertz CT molecular complexity index is 172. The van der Waals surface area contributed by atoms with Gasteiger partial charge in [0.2, 0.25) is 0 Å². The van der Waals surface area contributed by atoms with Crippen molar-refractivity contribution in [2.24, 2.45) is 11.7 Å². The monoisotopic (exact) mass is 173 g/mol. The summed E-state index contributed by atoms with van der Waals surface area (Å²) in [5.41, 5.74) is 5.44. The van der Waals surface area contributed by atoms with Crippen molar-refractivity contribution in [3.8, 4) is 0 Å². The zero-order valence-corrected chi connectivity index (χ0v) is 6.94. The maximum absolute atomic E-state index is 10.5. The predicted octanol–water partition coefficient (Wildman–Crippen LogP) is -0.0506. The van der Waals surface area contributed by atoms with E-state index in [1.54, 1.807) is 0 Å². The SMILES string of the molecule is NC(C(=O)O)[C@H]1CCCC(O)C1. The summed E-state index contributed by atoms with van der Waals surface area (Å²) >= 11 is 0. The second kappa shape index (κ2) is 3.87. The van der Waals surface area contributed by atoms with Gasteiger partial charge >= 0.3 is 5.97 Å². The van der Waals surface area contributed by atoms with Crippen LogP contribution in [0.25, 0.3) is 0 Å². The fraction of sp³-hybridized carbons (Fsp3) is 0.875. The molecule has 4 nitrogen and oxygen atoms in total. The topological polar surface area (TPSA) is 83.6 Å². The third-order valence-electron chi connectivity index (χ3n) is 2.48. The quantitative estimate of drug-likeness (QED) is 0.546. The van der Waals surface area contributed by atoms with E-state index in [4.69, 9.17) is 10.8 Å². The van der Waals surface area contributed by atoms with Gasteiger partial charge in [-0.25, -0.2) is 0 Å². The number of nitrogens with two attached hydrogens (primary N) is 1. The molecule has 0 bridgehead atoms. The highest BCUT2D eigenvalue weighted by Crippen LogP contribution is 2.26. The van der Waals surface area contributed by atoms with Gasteiger partial charge in [0.25, 0.3) is 0 Å². The Hall–Kier alpha value is -0.610. The van der Waals surface area contributed by atoms with E-state index >= 15 is 0 Å². The molecule has 0 aromatic heterocycles. The maximum Gasteiger partial charge on any atom is 0.320 e. The van der Waals surface area contributed by atoms with Gasteiger partial charge in [-0.05, 0) is 25.2 Å². The lowest BCUT2D eigenvalue weighted by atomic mass is 9.83. The molecule has 4 heteroatoms. The largest absolute Gasteiger partial charge is 0.480 e. The fourth-order valence-electron chi connectivity index (χ4n) is 1.73. The minimum absolute atomic E-state index is 0.0498. The molecule has 2 unspecified atom stereocenters. The number of carboxylic acids is 1. The van der Waals surface area contributed by atoms with Gasteiger partial charge < -0.3 is 15.9 Å². The van der Waals surface area contributed by atoms with E-state index < -0.39 is 12.0 Å². The van der Waals surface area contributed by atoms with E-state index in [1.807, 2.05) is 0 Å². The number of aliphatic hydroxyl groups is 1. The highest BCUT2D eigenvalue weighted by Gasteiger charge is 2.29. The Balaban J connectivity index is 2.45. The van der Waals surface area contributed by atoms with Crippen molar-refractivity contribution in [2.45, 2.75) is 37.8 Å². The molecule has 12 heavy (non-hydrogen) atoms. The second-order valence-electron chi connectivity index (χ2n) is 3.44. The summed E-state index contributed by atoms with van der Waals surface area (Å²) in [7, 11) is 0. The highest BCUT2D eigenvalue weighted by atomic mass is 16.4. The van der Waals surface area contributed by atoms with Crippen molar-refractivity contribution in [3.05, 3.63) is 0 Å². The van der Waals surface area contributed by atoms with Gasteiger partial charge in [-0.2, -0.15) is 0 Å². The van der Waals surface area contributed by atoms with Crippen LogP contribution in [0.5, 0.6) is 0 Å². The van der Waals surface area contributed by atoms with Crippen LogP contribution in [0, 0.1) is 5.92 Å². The third kappa shape index (κ3) is 2.19. The number of carbonyl (C=O) groups is 1. The number of hydrogen-bond donors (Lipinski definition) is 3. The van der Waals surface area contributed by atoms with Gasteiger partial charge in [-0.15, -0.1) is 0 Å². The molecule has 0 radical (unpaired) electrons. The summed E-state index contributed by atoms with van der Waals surface area (Å²) in [4.78, 5) is 10.5. The number of aliphatic hydroxyl groups excluding tert-OH is 1. The second-order valence-corrected chi connectivity index (χ2v) is 3.44. The third-order valence-corrected chi connectivity index (χ3v) is 2.48. The molecule has 1 fully saturated rings. The lowest BCUT2D eigenvalue weighted by molar-refractivity contribution is -0.140. The molecule has 0 aromatic rings. The van der Waals surface area contributed by atoms with Gasteiger partial charge in [0.1, 0.15) is 6.04 Å². The molecule has 0 saturated heterocycles. The zero-order chi connectivity index (χ0) is 9.14. The molecule has 1 rings (SSSR count). The number of hydrogen-bond acceptors (Lipinski definition) is 3. The standard InChI is InChI=1S/C8H15NO3/c9-7(8(11)12)5-2-1-3-6(10)4-5/h5-7,10H,1-4,9H2,(H,11,12)/t5-,6?,7?/m0/s1. The van der Waals surface area contributed by atoms with E-state index in [-0.39, 0.29) is 12.0 Å². The molecule has 1 saturated carbocycles. The molecule has 3 atom stereocenters. The summed E-state index contributed by atoms with van der Waals surface area (Å²) in [6, 6.07) is -0.806. The van der Waals surface area contributed by atoms with Crippen molar-refractivity contribution in [1.29, 1.82) is 0 Å². The average Bonchev–Trinajstić information content (AvgIpc) is 2.03. The summed E-state index contributed by atoms with van der Waals surface area (Å²) in [6.07, 6.45) is 2.67. The predicted molar refractivity (Wildman–Crippen MR) is 43.6 cm³/mol. The minimum Gasteiger partial charge on any atom is -0.480 e. The summed E-state index contributed by atoms with van der Waals surface area (Å²) in [5.74, 6) is -1.01. The number of rotatable bonds is 2. The molecule has 0 heterocycles. The van der Waals surface area contributed by atoms with E-state index in [0.717, 1.165) is 19.3 Å². The normalized spacial score (nSPS) is 32.8. The minimum atomic E-state index is -0.964. The van der Waals surface area contributed by atoms with Crippen LogP contribution in [0.2, 0.25) is 0 Å². The Morgan fingerprint density at radius 2 is 2.17 bits per heavy atom. The van der Waals surface area contributed by atoms with Crippen LogP contribution >= 0.6 is 0 Å². The zero-order valence-electron chi connectivity index (χ0n) is 6.94. The molecule has 0 aliphatic heterocycles. The van der Waals surface area contributed by atoms with Gasteiger partial charge in [0.15, 0.2) is 0 Å². The van der Waals surface area contributed by atoms with Crippen molar-refractivity contribution in [1.82, 2.24) is 0 Å². The van der Waals surface area contributed by atoms with Crippen molar-refractivity contribution in [2.75, 3.05) is 0 Å². The first-order valence-corrected chi connectivity index (χ1v) is 4.27. The molecule has 1 aliphatic carbocycles. The Morgan fingerprint density at radius 3 is 2.67 bits per heavy atom. The van der Waals surface area contributed by atoms with Crippen molar-refractivity contribution < 1.29 is 15.0 Å². The van der Waals surface area contributed by atoms with Crippen molar-refractivity contribution >= 4 is 5.97 Å². The Kier molecular flexibility index (Phi) is 3.05. The van der Waals surface area contributed by atoms with Gasteiger partial charge in [-0.1, -0.05) is 6.42 Å². The van der Waals surface area contributed by atoms with Crippen LogP contribution in [0.15, 0.2) is 0 Å². The molecule has 0 aromatic carbocycles. The van der Waals surface area contributed by atoms with Crippen LogP contribution in [-0.4, -0.2) is 28.3 Å². The van der Waals surface area contributed by atoms with E-state index in [0.29, 0.717) is 6.42 Å². The number of carboxylic acid groups (broad SMARTS) is 1. The van der Waals surface area contributed by atoms with E-state index in [9.17, 15) is 9.90 Å². The van der Waals surface area contributed by atoms with E-state index in [1.165, 1.54) is 0 Å². The smallest absolute Gasteiger partial charge is 0.320 e. The first-order chi connectivity index (χ1) is 5.61. The summed E-state index contributed by atoms with van der Waals surface area (Å²) in [5, 5.41) is 17.9. The number of aliphatic carboxylic acids is 1. The fourth-order valence-corrected chi connectivity index (χ4v) is 1.73. The van der Waals surface area contributed by atoms with E-state index in [2.05, 4.69) is 0 Å².